The topological polar surface area (TPSA) is 71.1 Å². The van der Waals surface area contributed by atoms with Crippen LogP contribution in [-0.2, 0) is 30.4 Å². The summed E-state index contributed by atoms with van der Waals surface area (Å²) in [6.07, 6.45) is 5.82. The molecule has 0 saturated carbocycles. The predicted octanol–water partition coefficient (Wildman–Crippen LogP) is 4.85. The molecule has 0 aliphatic rings. The van der Waals surface area contributed by atoms with Crippen LogP contribution in [0.4, 0.5) is 0 Å². The minimum Gasteiger partial charge on any atom is -0.497 e. The molecule has 0 atom stereocenters. The molecule has 1 aromatic carbocycles. The minimum absolute atomic E-state index is 0.563. The third-order valence-corrected chi connectivity index (χ3v) is 5.03. The molecule has 0 heterocycles. The maximum absolute atomic E-state index is 12.1. The summed E-state index contributed by atoms with van der Waals surface area (Å²) < 4.78 is 20.5. The van der Waals surface area contributed by atoms with E-state index < -0.39 is 17.9 Å². The van der Waals surface area contributed by atoms with E-state index in [2.05, 4.69) is 0 Å². The van der Waals surface area contributed by atoms with Crippen molar-refractivity contribution in [3.8, 4) is 5.75 Å². The van der Waals surface area contributed by atoms with Crippen molar-refractivity contribution in [1.29, 1.82) is 0 Å². The van der Waals surface area contributed by atoms with Gasteiger partial charge in [-0.05, 0) is 56.4 Å². The lowest BCUT2D eigenvalue weighted by molar-refractivity contribution is -0.156. The Morgan fingerprint density at radius 1 is 0.833 bits per heavy atom. The summed E-state index contributed by atoms with van der Waals surface area (Å²) in [5, 5.41) is 0. The van der Waals surface area contributed by atoms with E-state index in [1.807, 2.05) is 38.1 Å². The quantitative estimate of drug-likeness (QED) is 0.185. The van der Waals surface area contributed by atoms with Crippen molar-refractivity contribution >= 4 is 11.9 Å². The summed E-state index contributed by atoms with van der Waals surface area (Å²) >= 11 is 0. The van der Waals surface area contributed by atoms with Crippen LogP contribution in [0.15, 0.2) is 35.4 Å². The number of allylic oxidation sites excluding steroid dienone is 1. The standard InChI is InChI=1S/C24H36O6/c1-18(2)21(22(23(25)28-4)24(26)29-5)11-9-7-6-8-10-16-30-17-19-12-14-20(27-3)15-13-19/h12-15,22H,6-11,16-17H2,1-5H3. The van der Waals surface area contributed by atoms with Gasteiger partial charge in [-0.1, -0.05) is 37.0 Å². The first-order valence-electron chi connectivity index (χ1n) is 10.5. The van der Waals surface area contributed by atoms with Gasteiger partial charge in [0.1, 0.15) is 5.75 Å². The molecule has 0 fully saturated rings. The highest BCUT2D eigenvalue weighted by Crippen LogP contribution is 2.25. The fourth-order valence-electron chi connectivity index (χ4n) is 3.26. The molecule has 0 spiro atoms. The van der Waals surface area contributed by atoms with Gasteiger partial charge in [-0.3, -0.25) is 9.59 Å². The Morgan fingerprint density at radius 2 is 1.40 bits per heavy atom. The molecule has 1 aromatic rings. The van der Waals surface area contributed by atoms with Crippen molar-refractivity contribution < 1.29 is 28.5 Å². The highest BCUT2D eigenvalue weighted by atomic mass is 16.5. The molecule has 0 bridgehead atoms. The lowest BCUT2D eigenvalue weighted by Gasteiger charge is -2.18. The van der Waals surface area contributed by atoms with Crippen molar-refractivity contribution in [3.63, 3.8) is 0 Å². The number of ether oxygens (including phenoxy) is 4. The predicted molar refractivity (Wildman–Crippen MR) is 116 cm³/mol. The molecule has 30 heavy (non-hydrogen) atoms. The van der Waals surface area contributed by atoms with Gasteiger partial charge in [0.05, 0.1) is 27.9 Å². The average Bonchev–Trinajstić information content (AvgIpc) is 2.76. The molecule has 0 unspecified atom stereocenters. The smallest absolute Gasteiger partial charge is 0.324 e. The highest BCUT2D eigenvalue weighted by molar-refractivity contribution is 5.98. The van der Waals surface area contributed by atoms with Gasteiger partial charge in [0.25, 0.3) is 0 Å². The maximum Gasteiger partial charge on any atom is 0.324 e. The number of unbranched alkanes of at least 4 members (excludes halogenated alkanes) is 4. The molecule has 0 radical (unpaired) electrons. The number of hydrogen-bond donors (Lipinski definition) is 0. The van der Waals surface area contributed by atoms with Gasteiger partial charge in [0.15, 0.2) is 5.92 Å². The Bertz CT molecular complexity index is 657. The summed E-state index contributed by atoms with van der Waals surface area (Å²) in [4.78, 5) is 24.1. The Hall–Kier alpha value is -2.34. The van der Waals surface area contributed by atoms with E-state index in [4.69, 9.17) is 18.9 Å². The number of esters is 2. The number of rotatable bonds is 14. The minimum atomic E-state index is -0.962. The summed E-state index contributed by atoms with van der Waals surface area (Å²) in [5.74, 6) is -1.24. The van der Waals surface area contributed by atoms with E-state index in [0.29, 0.717) is 13.0 Å². The van der Waals surface area contributed by atoms with Crippen LogP contribution >= 0.6 is 0 Å². The Labute approximate surface area is 180 Å². The second kappa shape index (κ2) is 14.6. The normalized spacial score (nSPS) is 10.6. The second-order valence-electron chi connectivity index (χ2n) is 7.42. The summed E-state index contributed by atoms with van der Waals surface area (Å²) in [5.41, 5.74) is 2.90. The van der Waals surface area contributed by atoms with Crippen LogP contribution < -0.4 is 4.74 Å². The van der Waals surface area contributed by atoms with Gasteiger partial charge in [0.2, 0.25) is 0 Å². The molecule has 6 heteroatoms. The lowest BCUT2D eigenvalue weighted by Crippen LogP contribution is -2.29. The average molecular weight is 421 g/mol. The van der Waals surface area contributed by atoms with Crippen molar-refractivity contribution in [2.45, 2.75) is 59.0 Å². The maximum atomic E-state index is 12.1. The van der Waals surface area contributed by atoms with Crippen LogP contribution in [0, 0.1) is 5.92 Å². The fraction of sp³-hybridized carbons (Fsp3) is 0.583. The molecule has 6 nitrogen and oxygen atoms in total. The van der Waals surface area contributed by atoms with Crippen LogP contribution in [0.2, 0.25) is 0 Å². The van der Waals surface area contributed by atoms with E-state index in [0.717, 1.165) is 61.2 Å². The number of benzene rings is 1. The first kappa shape index (κ1) is 25.7. The molecular weight excluding hydrogens is 384 g/mol. The fourth-order valence-corrected chi connectivity index (χ4v) is 3.26. The Kier molecular flexibility index (Phi) is 12.5. The molecule has 0 aliphatic carbocycles. The SMILES string of the molecule is COC(=O)C(C(=O)OC)C(CCCCCCCOCc1ccc(OC)cc1)=C(C)C. The molecule has 168 valence electrons. The van der Waals surface area contributed by atoms with E-state index in [9.17, 15) is 9.59 Å². The van der Waals surface area contributed by atoms with E-state index >= 15 is 0 Å². The number of carbonyl (C=O) groups excluding carboxylic acids is 2. The van der Waals surface area contributed by atoms with Crippen LogP contribution in [0.5, 0.6) is 5.75 Å². The molecular formula is C24H36O6. The van der Waals surface area contributed by atoms with E-state index in [1.54, 1.807) is 7.11 Å². The Morgan fingerprint density at radius 3 is 1.93 bits per heavy atom. The zero-order valence-corrected chi connectivity index (χ0v) is 19.0. The zero-order valence-electron chi connectivity index (χ0n) is 19.0. The van der Waals surface area contributed by atoms with Gasteiger partial charge >= 0.3 is 11.9 Å². The van der Waals surface area contributed by atoms with E-state index in [-0.39, 0.29) is 0 Å². The van der Waals surface area contributed by atoms with Gasteiger partial charge in [-0.25, -0.2) is 0 Å². The first-order chi connectivity index (χ1) is 14.4. The lowest BCUT2D eigenvalue weighted by atomic mass is 9.90. The summed E-state index contributed by atoms with van der Waals surface area (Å²) in [6, 6.07) is 7.89. The van der Waals surface area contributed by atoms with Crippen molar-refractivity contribution in [2.75, 3.05) is 27.9 Å². The van der Waals surface area contributed by atoms with Gasteiger partial charge in [-0.2, -0.15) is 0 Å². The van der Waals surface area contributed by atoms with Gasteiger partial charge in [0, 0.05) is 6.61 Å². The molecule has 0 amide bonds. The first-order valence-corrected chi connectivity index (χ1v) is 10.5. The zero-order chi connectivity index (χ0) is 22.4. The van der Waals surface area contributed by atoms with Crippen LogP contribution in [-0.4, -0.2) is 39.9 Å². The van der Waals surface area contributed by atoms with Crippen molar-refractivity contribution in [2.24, 2.45) is 5.92 Å². The van der Waals surface area contributed by atoms with Crippen LogP contribution in [0.1, 0.15) is 57.9 Å². The molecule has 0 N–H and O–H groups in total. The Balaban J connectivity index is 2.26. The van der Waals surface area contributed by atoms with Crippen LogP contribution in [0.25, 0.3) is 0 Å². The monoisotopic (exact) mass is 420 g/mol. The van der Waals surface area contributed by atoms with Crippen molar-refractivity contribution in [3.05, 3.63) is 41.0 Å². The van der Waals surface area contributed by atoms with E-state index in [1.165, 1.54) is 14.2 Å². The summed E-state index contributed by atoms with van der Waals surface area (Å²) in [6.45, 7) is 5.16. The molecule has 0 aliphatic heterocycles. The van der Waals surface area contributed by atoms with Gasteiger partial charge < -0.3 is 18.9 Å². The summed E-state index contributed by atoms with van der Waals surface area (Å²) in [7, 11) is 4.23. The second-order valence-corrected chi connectivity index (χ2v) is 7.42. The highest BCUT2D eigenvalue weighted by Gasteiger charge is 2.32. The van der Waals surface area contributed by atoms with Crippen molar-refractivity contribution in [1.82, 2.24) is 0 Å². The van der Waals surface area contributed by atoms with Gasteiger partial charge in [-0.15, -0.1) is 0 Å². The largest absolute Gasteiger partial charge is 0.497 e. The molecule has 0 saturated heterocycles. The van der Waals surface area contributed by atoms with Crippen LogP contribution in [0.3, 0.4) is 0 Å². The third-order valence-electron chi connectivity index (χ3n) is 5.03. The molecule has 0 aromatic heterocycles. The third kappa shape index (κ3) is 8.99. The number of hydrogen-bond acceptors (Lipinski definition) is 6. The number of carbonyl (C=O) groups is 2. The number of methoxy groups -OCH3 is 3. The molecule has 1 rings (SSSR count).